The van der Waals surface area contributed by atoms with E-state index in [1.165, 1.54) is 19.3 Å². The number of amides is 1. The average molecular weight is 500 g/mol. The zero-order valence-corrected chi connectivity index (χ0v) is 19.1. The zero-order valence-electron chi connectivity index (χ0n) is 16.8. The fourth-order valence-corrected chi connectivity index (χ4v) is 3.19. The summed E-state index contributed by atoms with van der Waals surface area (Å²) >= 11 is 0. The van der Waals surface area contributed by atoms with Gasteiger partial charge < -0.3 is 20.3 Å². The number of rotatable bonds is 8. The molecule has 0 unspecified atom stereocenters. The average Bonchev–Trinajstić information content (AvgIpc) is 3.54. The highest BCUT2D eigenvalue weighted by Gasteiger charge is 2.22. The lowest BCUT2D eigenvalue weighted by atomic mass is 10.1. The number of para-hydroxylation sites is 1. The first-order chi connectivity index (χ1) is 13.3. The van der Waals surface area contributed by atoms with Gasteiger partial charge in [0.05, 0.1) is 19.7 Å². The van der Waals surface area contributed by atoms with Crippen LogP contribution in [0.5, 0.6) is 5.75 Å². The second kappa shape index (κ2) is 12.1. The normalized spacial score (nSPS) is 16.9. The van der Waals surface area contributed by atoms with E-state index in [1.54, 1.807) is 0 Å². The highest BCUT2D eigenvalue weighted by Crippen LogP contribution is 2.30. The summed E-state index contributed by atoms with van der Waals surface area (Å²) in [6.07, 6.45) is 6.00. The van der Waals surface area contributed by atoms with Gasteiger partial charge in [-0.25, -0.2) is 4.99 Å². The molecule has 0 spiro atoms. The fourth-order valence-electron chi connectivity index (χ4n) is 3.19. The highest BCUT2D eigenvalue weighted by atomic mass is 127. The molecule has 7 heteroatoms. The number of likely N-dealkylation sites (tertiary alicyclic amines) is 1. The maximum Gasteiger partial charge on any atom is 0.241 e. The fraction of sp³-hybridized carbons (Fsp3) is 0.619. The van der Waals surface area contributed by atoms with E-state index in [1.807, 2.05) is 36.1 Å². The molecule has 0 aromatic heterocycles. The molecule has 6 nitrogen and oxygen atoms in total. The van der Waals surface area contributed by atoms with Gasteiger partial charge in [-0.2, -0.15) is 0 Å². The van der Waals surface area contributed by atoms with E-state index in [0.717, 1.165) is 56.3 Å². The van der Waals surface area contributed by atoms with Crippen molar-refractivity contribution in [2.75, 3.05) is 32.8 Å². The van der Waals surface area contributed by atoms with Gasteiger partial charge in [-0.3, -0.25) is 4.79 Å². The number of halogens is 1. The molecule has 1 saturated heterocycles. The summed E-state index contributed by atoms with van der Waals surface area (Å²) in [5.74, 6) is 2.45. The Balaban J connectivity index is 0.00000280. The molecule has 28 heavy (non-hydrogen) atoms. The first kappa shape index (κ1) is 22.8. The van der Waals surface area contributed by atoms with Gasteiger partial charge in [-0.1, -0.05) is 18.2 Å². The summed E-state index contributed by atoms with van der Waals surface area (Å²) in [6, 6.07) is 8.06. The molecule has 1 aromatic rings. The monoisotopic (exact) mass is 500 g/mol. The minimum atomic E-state index is 0. The molecule has 1 aliphatic carbocycles. The number of benzene rings is 1. The van der Waals surface area contributed by atoms with Crippen LogP contribution in [-0.4, -0.2) is 49.6 Å². The van der Waals surface area contributed by atoms with E-state index in [-0.39, 0.29) is 36.4 Å². The largest absolute Gasteiger partial charge is 0.493 e. The predicted molar refractivity (Wildman–Crippen MR) is 123 cm³/mol. The Morgan fingerprint density at radius 2 is 1.93 bits per heavy atom. The molecule has 1 heterocycles. The van der Waals surface area contributed by atoms with Crippen molar-refractivity contribution in [3.63, 3.8) is 0 Å². The third kappa shape index (κ3) is 7.48. The number of carbonyl (C=O) groups is 1. The van der Waals surface area contributed by atoms with Crippen molar-refractivity contribution >= 4 is 35.8 Å². The number of guanidine groups is 1. The molecule has 1 aromatic carbocycles. The van der Waals surface area contributed by atoms with Crippen LogP contribution in [0.15, 0.2) is 29.3 Å². The van der Waals surface area contributed by atoms with Crippen LogP contribution >= 0.6 is 24.0 Å². The number of nitrogens with zero attached hydrogens (tertiary/aromatic N) is 2. The van der Waals surface area contributed by atoms with Crippen LogP contribution in [0, 0.1) is 5.92 Å². The van der Waals surface area contributed by atoms with E-state index in [4.69, 9.17) is 4.74 Å². The molecular formula is C21H33IN4O2. The SMILES string of the molecule is CCNC(=NCc1ccccc1OCC1CC1)NCC(=O)N1CCCCC1.I. The molecule has 1 saturated carbocycles. The van der Waals surface area contributed by atoms with E-state index in [9.17, 15) is 4.79 Å². The van der Waals surface area contributed by atoms with E-state index in [2.05, 4.69) is 15.6 Å². The van der Waals surface area contributed by atoms with Gasteiger partial charge in [0, 0.05) is 25.2 Å². The first-order valence-corrected chi connectivity index (χ1v) is 10.3. The molecule has 1 aliphatic heterocycles. The molecular weight excluding hydrogens is 467 g/mol. The van der Waals surface area contributed by atoms with Gasteiger partial charge in [-0.15, -0.1) is 24.0 Å². The molecule has 2 fully saturated rings. The van der Waals surface area contributed by atoms with E-state index in [0.29, 0.717) is 12.5 Å². The topological polar surface area (TPSA) is 66.0 Å². The first-order valence-electron chi connectivity index (χ1n) is 10.3. The quantitative estimate of drug-likeness (QED) is 0.327. The standard InChI is InChI=1S/C21H32N4O2.HI/c1-2-22-21(24-15-20(26)25-12-6-3-7-13-25)23-14-18-8-4-5-9-19(18)27-16-17-10-11-17;/h4-5,8-9,17H,2-3,6-7,10-16H2,1H3,(H2,22,23,24);1H. The Bertz CT molecular complexity index is 643. The summed E-state index contributed by atoms with van der Waals surface area (Å²) in [7, 11) is 0. The Morgan fingerprint density at radius 1 is 1.18 bits per heavy atom. The Labute approximate surface area is 185 Å². The summed E-state index contributed by atoms with van der Waals surface area (Å²) in [6.45, 7) is 6.13. The Kier molecular flexibility index (Phi) is 9.87. The maximum atomic E-state index is 12.4. The second-order valence-corrected chi connectivity index (χ2v) is 7.35. The molecule has 3 rings (SSSR count). The molecule has 2 N–H and O–H groups in total. The van der Waals surface area contributed by atoms with Crippen molar-refractivity contribution in [1.29, 1.82) is 0 Å². The summed E-state index contributed by atoms with van der Waals surface area (Å²) < 4.78 is 5.96. The third-order valence-electron chi connectivity index (χ3n) is 5.01. The summed E-state index contributed by atoms with van der Waals surface area (Å²) in [5, 5.41) is 6.39. The van der Waals surface area contributed by atoms with Crippen LogP contribution in [0.1, 0.15) is 44.6 Å². The third-order valence-corrected chi connectivity index (χ3v) is 5.01. The lowest BCUT2D eigenvalue weighted by Gasteiger charge is -2.27. The lowest BCUT2D eigenvalue weighted by molar-refractivity contribution is -0.130. The predicted octanol–water partition coefficient (Wildman–Crippen LogP) is 3.16. The van der Waals surface area contributed by atoms with Crippen LogP contribution in [-0.2, 0) is 11.3 Å². The van der Waals surface area contributed by atoms with Crippen LogP contribution in [0.2, 0.25) is 0 Å². The number of ether oxygens (including phenoxy) is 1. The Hall–Kier alpha value is -1.51. The molecule has 0 bridgehead atoms. The van der Waals surface area contributed by atoms with Gasteiger partial charge in [-0.05, 0) is 51.0 Å². The number of hydrogen-bond donors (Lipinski definition) is 2. The van der Waals surface area contributed by atoms with Crippen molar-refractivity contribution in [2.45, 2.75) is 45.6 Å². The minimum Gasteiger partial charge on any atom is -0.493 e. The van der Waals surface area contributed by atoms with Gasteiger partial charge in [0.25, 0.3) is 0 Å². The number of aliphatic imine (C=N–C) groups is 1. The smallest absolute Gasteiger partial charge is 0.241 e. The molecule has 0 atom stereocenters. The second-order valence-electron chi connectivity index (χ2n) is 7.35. The number of piperidine rings is 1. The number of carbonyl (C=O) groups excluding carboxylic acids is 1. The van der Waals surface area contributed by atoms with E-state index >= 15 is 0 Å². The highest BCUT2D eigenvalue weighted by molar-refractivity contribution is 14.0. The molecule has 2 aliphatic rings. The van der Waals surface area contributed by atoms with Crippen LogP contribution < -0.4 is 15.4 Å². The van der Waals surface area contributed by atoms with Crippen molar-refractivity contribution in [3.8, 4) is 5.75 Å². The van der Waals surface area contributed by atoms with Crippen molar-refractivity contribution in [2.24, 2.45) is 10.9 Å². The van der Waals surface area contributed by atoms with Crippen molar-refractivity contribution in [1.82, 2.24) is 15.5 Å². The maximum absolute atomic E-state index is 12.4. The number of nitrogens with one attached hydrogen (secondary N) is 2. The van der Waals surface area contributed by atoms with Crippen LogP contribution in [0.4, 0.5) is 0 Å². The molecule has 1 amide bonds. The summed E-state index contributed by atoms with van der Waals surface area (Å²) in [5.41, 5.74) is 1.07. The Morgan fingerprint density at radius 3 is 2.64 bits per heavy atom. The van der Waals surface area contributed by atoms with Crippen molar-refractivity contribution in [3.05, 3.63) is 29.8 Å². The zero-order chi connectivity index (χ0) is 18.9. The summed E-state index contributed by atoms with van der Waals surface area (Å²) in [4.78, 5) is 18.9. The molecule has 156 valence electrons. The number of hydrogen-bond acceptors (Lipinski definition) is 3. The van der Waals surface area contributed by atoms with Gasteiger partial charge >= 0.3 is 0 Å². The van der Waals surface area contributed by atoms with Gasteiger partial charge in [0.2, 0.25) is 5.91 Å². The van der Waals surface area contributed by atoms with Crippen molar-refractivity contribution < 1.29 is 9.53 Å². The minimum absolute atomic E-state index is 0. The van der Waals surface area contributed by atoms with Gasteiger partial charge in [0.1, 0.15) is 5.75 Å². The van der Waals surface area contributed by atoms with Crippen LogP contribution in [0.25, 0.3) is 0 Å². The van der Waals surface area contributed by atoms with Crippen LogP contribution in [0.3, 0.4) is 0 Å². The van der Waals surface area contributed by atoms with Gasteiger partial charge in [0.15, 0.2) is 5.96 Å². The lowest BCUT2D eigenvalue weighted by Crippen LogP contribution is -2.46. The van der Waals surface area contributed by atoms with E-state index < -0.39 is 0 Å². The molecule has 0 radical (unpaired) electrons.